The van der Waals surface area contributed by atoms with Gasteiger partial charge < -0.3 is 0 Å². The molecule has 1 aromatic rings. The molecule has 2 aliphatic carbocycles. The van der Waals surface area contributed by atoms with Crippen molar-refractivity contribution in [3.05, 3.63) is 12.2 Å². The number of hydrogen-bond acceptors (Lipinski definition) is 5. The Morgan fingerprint density at radius 3 is 2.90 bits per heavy atom. The minimum absolute atomic E-state index is 0.207. The summed E-state index contributed by atoms with van der Waals surface area (Å²) in [6, 6.07) is 5.02. The topological polar surface area (TPSA) is 90.3 Å². The molecule has 20 heavy (non-hydrogen) atoms. The fourth-order valence-corrected chi connectivity index (χ4v) is 3.17. The van der Waals surface area contributed by atoms with Gasteiger partial charge in [-0.3, -0.25) is 10.00 Å². The zero-order chi connectivity index (χ0) is 14.0. The summed E-state index contributed by atoms with van der Waals surface area (Å²) in [5, 5.41) is 26.0. The highest BCUT2D eigenvalue weighted by atomic mass is 15.3. The molecule has 0 amide bonds. The van der Waals surface area contributed by atoms with Gasteiger partial charge >= 0.3 is 0 Å². The summed E-state index contributed by atoms with van der Waals surface area (Å²) in [7, 11) is 0. The van der Waals surface area contributed by atoms with Gasteiger partial charge in [-0.1, -0.05) is 6.42 Å². The van der Waals surface area contributed by atoms with Gasteiger partial charge in [-0.25, -0.2) is 4.98 Å². The summed E-state index contributed by atoms with van der Waals surface area (Å²) in [5.41, 5.74) is -0.347. The number of nitrogens with one attached hydrogen (secondary N) is 1. The fourth-order valence-electron chi connectivity index (χ4n) is 3.17. The lowest BCUT2D eigenvalue weighted by Gasteiger charge is -2.30. The highest BCUT2D eigenvalue weighted by Crippen LogP contribution is 2.40. The Hall–Kier alpha value is -1.92. The van der Waals surface area contributed by atoms with E-state index >= 15 is 0 Å². The van der Waals surface area contributed by atoms with Gasteiger partial charge in [-0.2, -0.15) is 10.5 Å². The highest BCUT2D eigenvalue weighted by Gasteiger charge is 2.45. The van der Waals surface area contributed by atoms with Crippen LogP contribution in [0.2, 0.25) is 0 Å². The predicted molar refractivity (Wildman–Crippen MR) is 71.2 cm³/mol. The average Bonchev–Trinajstić information content (AvgIpc) is 3.02. The van der Waals surface area contributed by atoms with Gasteiger partial charge in [0.25, 0.3) is 5.82 Å². The fraction of sp³-hybridized carbons (Fsp3) is 0.714. The van der Waals surface area contributed by atoms with Crippen molar-refractivity contribution in [2.24, 2.45) is 5.92 Å². The Morgan fingerprint density at radius 1 is 1.40 bits per heavy atom. The van der Waals surface area contributed by atoms with E-state index in [0.29, 0.717) is 12.0 Å². The molecule has 0 aliphatic heterocycles. The first-order valence-corrected chi connectivity index (χ1v) is 7.24. The number of nitrogens with zero attached hydrogens (tertiary/aromatic N) is 5. The summed E-state index contributed by atoms with van der Waals surface area (Å²) in [4.78, 5) is 3.90. The zero-order valence-corrected chi connectivity index (χ0v) is 11.4. The largest absolute Gasteiger partial charge is 0.296 e. The summed E-state index contributed by atoms with van der Waals surface area (Å²) >= 11 is 0. The summed E-state index contributed by atoms with van der Waals surface area (Å²) in [5.74, 6) is 0.571. The quantitative estimate of drug-likeness (QED) is 0.872. The normalized spacial score (nSPS) is 29.0. The van der Waals surface area contributed by atoms with Gasteiger partial charge in [0.15, 0.2) is 0 Å². The van der Waals surface area contributed by atoms with Crippen LogP contribution in [0.15, 0.2) is 6.33 Å². The molecule has 6 heteroatoms. The van der Waals surface area contributed by atoms with Crippen molar-refractivity contribution in [2.75, 3.05) is 0 Å². The van der Waals surface area contributed by atoms with Crippen LogP contribution in [0.25, 0.3) is 0 Å². The Balaban J connectivity index is 1.63. The van der Waals surface area contributed by atoms with Crippen LogP contribution in [-0.2, 0) is 6.54 Å². The van der Waals surface area contributed by atoms with Crippen molar-refractivity contribution < 1.29 is 0 Å². The smallest absolute Gasteiger partial charge is 0.252 e. The molecule has 104 valence electrons. The standard InChI is InChI=1S/C14H18N6/c15-8-13-17-10-20(19-13)7-5-11-2-1-6-14(11,9-16)18-12-3-4-12/h10-12,18H,1-7H2. The van der Waals surface area contributed by atoms with Crippen molar-refractivity contribution in [1.29, 1.82) is 10.5 Å². The van der Waals surface area contributed by atoms with Crippen LogP contribution in [0.4, 0.5) is 0 Å². The first-order valence-electron chi connectivity index (χ1n) is 7.24. The number of aromatic nitrogens is 3. The van der Waals surface area contributed by atoms with E-state index in [9.17, 15) is 5.26 Å². The van der Waals surface area contributed by atoms with E-state index in [1.807, 2.05) is 6.07 Å². The van der Waals surface area contributed by atoms with Crippen molar-refractivity contribution in [3.63, 3.8) is 0 Å². The van der Waals surface area contributed by atoms with Crippen molar-refractivity contribution >= 4 is 0 Å². The molecular weight excluding hydrogens is 252 g/mol. The third-order valence-electron chi connectivity index (χ3n) is 4.40. The molecule has 1 N–H and O–H groups in total. The van der Waals surface area contributed by atoms with Gasteiger partial charge in [0, 0.05) is 12.6 Å². The van der Waals surface area contributed by atoms with Crippen LogP contribution in [0, 0.1) is 28.6 Å². The lowest BCUT2D eigenvalue weighted by Crippen LogP contribution is -2.48. The third kappa shape index (κ3) is 2.52. The molecule has 1 aromatic heterocycles. The summed E-state index contributed by atoms with van der Waals surface area (Å²) in [6.07, 6.45) is 8.05. The van der Waals surface area contributed by atoms with Crippen LogP contribution in [-0.4, -0.2) is 26.3 Å². The lowest BCUT2D eigenvalue weighted by atomic mass is 9.85. The molecule has 2 atom stereocenters. The number of rotatable bonds is 5. The predicted octanol–water partition coefficient (Wildman–Crippen LogP) is 1.35. The van der Waals surface area contributed by atoms with E-state index < -0.39 is 0 Å². The molecule has 0 saturated heterocycles. The van der Waals surface area contributed by atoms with Gasteiger partial charge in [-0.05, 0) is 38.0 Å². The molecule has 2 aliphatic rings. The second-order valence-electron chi connectivity index (χ2n) is 5.82. The second-order valence-corrected chi connectivity index (χ2v) is 5.82. The van der Waals surface area contributed by atoms with Gasteiger partial charge in [-0.15, -0.1) is 5.10 Å². The Kier molecular flexibility index (Phi) is 3.42. The third-order valence-corrected chi connectivity index (χ3v) is 4.40. The average molecular weight is 270 g/mol. The van der Waals surface area contributed by atoms with Crippen molar-refractivity contribution in [2.45, 2.75) is 56.7 Å². The first kappa shape index (κ1) is 13.1. The monoisotopic (exact) mass is 270 g/mol. The van der Waals surface area contributed by atoms with Crippen LogP contribution in [0.1, 0.15) is 44.3 Å². The van der Waals surface area contributed by atoms with E-state index in [4.69, 9.17) is 5.26 Å². The molecule has 1 heterocycles. The molecule has 0 spiro atoms. The molecule has 0 bridgehead atoms. The first-order chi connectivity index (χ1) is 9.75. The maximum atomic E-state index is 9.61. The number of hydrogen-bond donors (Lipinski definition) is 1. The van der Waals surface area contributed by atoms with E-state index in [2.05, 4.69) is 21.5 Å². The molecule has 3 rings (SSSR count). The molecular formula is C14H18N6. The molecule has 0 aromatic carbocycles. The van der Waals surface area contributed by atoms with E-state index in [0.717, 1.165) is 32.2 Å². The Labute approximate surface area is 118 Å². The minimum Gasteiger partial charge on any atom is -0.296 e. The van der Waals surface area contributed by atoms with Gasteiger partial charge in [0.05, 0.1) is 6.07 Å². The molecule has 6 nitrogen and oxygen atoms in total. The van der Waals surface area contributed by atoms with Gasteiger partial charge in [0.1, 0.15) is 17.9 Å². The van der Waals surface area contributed by atoms with Crippen LogP contribution in [0.5, 0.6) is 0 Å². The molecule has 2 unspecified atom stereocenters. The van der Waals surface area contributed by atoms with Crippen LogP contribution in [0.3, 0.4) is 0 Å². The maximum absolute atomic E-state index is 9.61. The Bertz CT molecular complexity index is 561. The van der Waals surface area contributed by atoms with Crippen molar-refractivity contribution in [3.8, 4) is 12.1 Å². The molecule has 2 fully saturated rings. The number of aryl methyl sites for hydroxylation is 1. The Morgan fingerprint density at radius 2 is 2.25 bits per heavy atom. The lowest BCUT2D eigenvalue weighted by molar-refractivity contribution is 0.284. The molecule has 0 radical (unpaired) electrons. The molecule has 2 saturated carbocycles. The maximum Gasteiger partial charge on any atom is 0.252 e. The van der Waals surface area contributed by atoms with E-state index in [1.165, 1.54) is 12.8 Å². The van der Waals surface area contributed by atoms with Crippen LogP contribution < -0.4 is 5.32 Å². The van der Waals surface area contributed by atoms with E-state index in [-0.39, 0.29) is 11.4 Å². The number of nitriles is 2. The van der Waals surface area contributed by atoms with Gasteiger partial charge in [0.2, 0.25) is 0 Å². The van der Waals surface area contributed by atoms with Crippen LogP contribution >= 0.6 is 0 Å². The summed E-state index contributed by atoms with van der Waals surface area (Å²) < 4.78 is 1.70. The highest BCUT2D eigenvalue weighted by molar-refractivity contribution is 5.16. The summed E-state index contributed by atoms with van der Waals surface area (Å²) in [6.45, 7) is 0.717. The second kappa shape index (κ2) is 5.22. The minimum atomic E-state index is -0.347. The van der Waals surface area contributed by atoms with E-state index in [1.54, 1.807) is 11.0 Å². The SMILES string of the molecule is N#Cc1ncn(CCC2CCCC2(C#N)NC2CC2)n1. The van der Waals surface area contributed by atoms with Crippen molar-refractivity contribution in [1.82, 2.24) is 20.1 Å². The zero-order valence-electron chi connectivity index (χ0n) is 11.4.